The van der Waals surface area contributed by atoms with E-state index in [9.17, 15) is 4.79 Å². The summed E-state index contributed by atoms with van der Waals surface area (Å²) >= 11 is 1.82. The molecule has 2 aliphatic heterocycles. The number of nitrogens with zero attached hydrogens (tertiary/aromatic N) is 1. The molecular formula is C20H23ClN2OS. The fourth-order valence-electron chi connectivity index (χ4n) is 3.63. The zero-order chi connectivity index (χ0) is 16.4. The summed E-state index contributed by atoms with van der Waals surface area (Å²) in [6.45, 7) is 3.93. The molecule has 2 aliphatic rings. The van der Waals surface area contributed by atoms with Gasteiger partial charge in [-0.05, 0) is 41.7 Å². The zero-order valence-electron chi connectivity index (χ0n) is 14.1. The third kappa shape index (κ3) is 4.20. The average Bonchev–Trinajstić information content (AvgIpc) is 3.23. The molecule has 2 saturated heterocycles. The summed E-state index contributed by atoms with van der Waals surface area (Å²) in [6, 6.07) is 18.5. The third-order valence-corrected chi connectivity index (χ3v) is 6.11. The van der Waals surface area contributed by atoms with Gasteiger partial charge in [0.2, 0.25) is 0 Å². The molecule has 0 bridgehead atoms. The van der Waals surface area contributed by atoms with E-state index in [1.54, 1.807) is 0 Å². The molecule has 2 aromatic rings. The van der Waals surface area contributed by atoms with Crippen molar-refractivity contribution < 1.29 is 4.79 Å². The van der Waals surface area contributed by atoms with Gasteiger partial charge in [-0.25, -0.2) is 0 Å². The van der Waals surface area contributed by atoms with Gasteiger partial charge in [0.1, 0.15) is 0 Å². The maximum Gasteiger partial charge on any atom is 0.253 e. The van der Waals surface area contributed by atoms with Crippen molar-refractivity contribution in [3.63, 3.8) is 0 Å². The van der Waals surface area contributed by atoms with Crippen LogP contribution >= 0.6 is 24.2 Å². The standard InChI is InChI=1S/C20H22N2OS.ClH/c23-20(22-12-17-10-21-11-18(17)13-22)16-8-6-15(7-9-16)14-24-19-4-2-1-3-5-19;/h1-9,17-18,21H,10-14H2;1H/t17-,18+;. The van der Waals surface area contributed by atoms with Crippen LogP contribution in [0.5, 0.6) is 0 Å². The molecule has 132 valence electrons. The second-order valence-electron chi connectivity index (χ2n) is 6.69. The second kappa shape index (κ2) is 8.26. The summed E-state index contributed by atoms with van der Waals surface area (Å²) < 4.78 is 0. The molecule has 2 heterocycles. The molecule has 4 rings (SSSR count). The topological polar surface area (TPSA) is 32.3 Å². The number of halogens is 1. The first-order chi connectivity index (χ1) is 11.8. The summed E-state index contributed by atoms with van der Waals surface area (Å²) in [5.41, 5.74) is 2.07. The van der Waals surface area contributed by atoms with Crippen LogP contribution in [-0.4, -0.2) is 37.0 Å². The maximum atomic E-state index is 12.7. The molecule has 3 nitrogen and oxygen atoms in total. The first-order valence-electron chi connectivity index (χ1n) is 8.56. The summed E-state index contributed by atoms with van der Waals surface area (Å²) in [7, 11) is 0. The van der Waals surface area contributed by atoms with Crippen LogP contribution in [0.1, 0.15) is 15.9 Å². The van der Waals surface area contributed by atoms with E-state index in [1.165, 1.54) is 10.5 Å². The van der Waals surface area contributed by atoms with E-state index >= 15 is 0 Å². The highest BCUT2D eigenvalue weighted by atomic mass is 35.5. The molecule has 0 radical (unpaired) electrons. The smallest absolute Gasteiger partial charge is 0.253 e. The summed E-state index contributed by atoms with van der Waals surface area (Å²) in [6.07, 6.45) is 0. The Kier molecular flexibility index (Phi) is 6.05. The molecule has 2 fully saturated rings. The van der Waals surface area contributed by atoms with E-state index in [4.69, 9.17) is 0 Å². The van der Waals surface area contributed by atoms with Gasteiger partial charge in [0.05, 0.1) is 0 Å². The van der Waals surface area contributed by atoms with Crippen molar-refractivity contribution in [1.29, 1.82) is 0 Å². The van der Waals surface area contributed by atoms with Crippen LogP contribution < -0.4 is 5.32 Å². The minimum absolute atomic E-state index is 0. The van der Waals surface area contributed by atoms with E-state index in [2.05, 4.69) is 41.7 Å². The first-order valence-corrected chi connectivity index (χ1v) is 9.55. The van der Waals surface area contributed by atoms with Gasteiger partial charge in [0.25, 0.3) is 5.91 Å². The Morgan fingerprint density at radius 2 is 1.64 bits per heavy atom. The molecule has 0 aromatic heterocycles. The lowest BCUT2D eigenvalue weighted by atomic mass is 10.0. The lowest BCUT2D eigenvalue weighted by Crippen LogP contribution is -2.31. The highest BCUT2D eigenvalue weighted by Crippen LogP contribution is 2.28. The molecule has 2 atom stereocenters. The number of likely N-dealkylation sites (tertiary alicyclic amines) is 1. The molecule has 0 saturated carbocycles. The van der Waals surface area contributed by atoms with Gasteiger partial charge in [0, 0.05) is 42.4 Å². The largest absolute Gasteiger partial charge is 0.338 e. The van der Waals surface area contributed by atoms with Gasteiger partial charge in [-0.1, -0.05) is 30.3 Å². The van der Waals surface area contributed by atoms with Crippen molar-refractivity contribution in [3.05, 3.63) is 65.7 Å². The van der Waals surface area contributed by atoms with Crippen molar-refractivity contribution >= 4 is 30.1 Å². The molecule has 0 spiro atoms. The number of hydrogen-bond acceptors (Lipinski definition) is 3. The van der Waals surface area contributed by atoms with Crippen LogP contribution in [0.25, 0.3) is 0 Å². The zero-order valence-corrected chi connectivity index (χ0v) is 15.7. The number of carbonyl (C=O) groups excluding carboxylic acids is 1. The van der Waals surface area contributed by atoms with Gasteiger partial charge < -0.3 is 10.2 Å². The fraction of sp³-hybridized carbons (Fsp3) is 0.350. The summed E-state index contributed by atoms with van der Waals surface area (Å²) in [4.78, 5) is 16.0. The Labute approximate surface area is 159 Å². The summed E-state index contributed by atoms with van der Waals surface area (Å²) in [5, 5.41) is 3.42. The van der Waals surface area contributed by atoms with Crippen molar-refractivity contribution in [3.8, 4) is 0 Å². The van der Waals surface area contributed by atoms with E-state index in [1.807, 2.05) is 34.9 Å². The third-order valence-electron chi connectivity index (χ3n) is 5.03. The quantitative estimate of drug-likeness (QED) is 0.828. The number of amides is 1. The average molecular weight is 375 g/mol. The Morgan fingerprint density at radius 3 is 2.28 bits per heavy atom. The molecule has 0 unspecified atom stereocenters. The lowest BCUT2D eigenvalue weighted by Gasteiger charge is -2.17. The number of fused-ring (bicyclic) bond motifs is 1. The Balaban J connectivity index is 0.00000182. The molecule has 1 N–H and O–H groups in total. The highest BCUT2D eigenvalue weighted by molar-refractivity contribution is 7.98. The van der Waals surface area contributed by atoms with Crippen molar-refractivity contribution in [2.75, 3.05) is 26.2 Å². The van der Waals surface area contributed by atoms with Crippen LogP contribution in [0.3, 0.4) is 0 Å². The molecule has 2 aromatic carbocycles. The van der Waals surface area contributed by atoms with Crippen LogP contribution in [0.4, 0.5) is 0 Å². The van der Waals surface area contributed by atoms with Crippen molar-refractivity contribution in [2.45, 2.75) is 10.6 Å². The first kappa shape index (κ1) is 18.3. The molecule has 1 amide bonds. The normalized spacial score (nSPS) is 21.7. The predicted molar refractivity (Wildman–Crippen MR) is 105 cm³/mol. The monoisotopic (exact) mass is 374 g/mol. The van der Waals surface area contributed by atoms with Gasteiger partial charge >= 0.3 is 0 Å². The number of nitrogens with one attached hydrogen (secondary N) is 1. The molecular weight excluding hydrogens is 352 g/mol. The van der Waals surface area contributed by atoms with Gasteiger partial charge in [0.15, 0.2) is 0 Å². The predicted octanol–water partition coefficient (Wildman–Crippen LogP) is 3.69. The van der Waals surface area contributed by atoms with E-state index in [0.717, 1.165) is 37.5 Å². The van der Waals surface area contributed by atoms with Crippen LogP contribution in [0.2, 0.25) is 0 Å². The fourth-order valence-corrected chi connectivity index (χ4v) is 4.51. The number of benzene rings is 2. The van der Waals surface area contributed by atoms with Crippen molar-refractivity contribution in [2.24, 2.45) is 11.8 Å². The number of thioether (sulfide) groups is 1. The van der Waals surface area contributed by atoms with E-state index in [0.29, 0.717) is 11.8 Å². The number of carbonyl (C=O) groups is 1. The SMILES string of the molecule is Cl.O=C(c1ccc(CSc2ccccc2)cc1)N1C[C@H]2CNC[C@H]2C1. The Bertz CT molecular complexity index is 695. The van der Waals surface area contributed by atoms with Crippen molar-refractivity contribution in [1.82, 2.24) is 10.2 Å². The minimum atomic E-state index is 0. The molecule has 0 aliphatic carbocycles. The summed E-state index contributed by atoms with van der Waals surface area (Å²) in [5.74, 6) is 2.41. The van der Waals surface area contributed by atoms with Gasteiger partial charge in [-0.15, -0.1) is 24.2 Å². The molecule has 5 heteroatoms. The van der Waals surface area contributed by atoms with Crippen LogP contribution in [0, 0.1) is 11.8 Å². The number of hydrogen-bond donors (Lipinski definition) is 1. The number of rotatable bonds is 4. The van der Waals surface area contributed by atoms with Gasteiger partial charge in [-0.3, -0.25) is 4.79 Å². The van der Waals surface area contributed by atoms with E-state index < -0.39 is 0 Å². The van der Waals surface area contributed by atoms with E-state index in [-0.39, 0.29) is 18.3 Å². The highest BCUT2D eigenvalue weighted by Gasteiger charge is 2.38. The Hall–Kier alpha value is -1.49. The lowest BCUT2D eigenvalue weighted by molar-refractivity contribution is 0.0781. The Morgan fingerprint density at radius 1 is 1.00 bits per heavy atom. The molecule has 25 heavy (non-hydrogen) atoms. The van der Waals surface area contributed by atoms with Gasteiger partial charge in [-0.2, -0.15) is 0 Å². The van der Waals surface area contributed by atoms with Crippen LogP contribution in [-0.2, 0) is 5.75 Å². The van der Waals surface area contributed by atoms with Crippen LogP contribution in [0.15, 0.2) is 59.5 Å². The minimum Gasteiger partial charge on any atom is -0.338 e. The second-order valence-corrected chi connectivity index (χ2v) is 7.74. The maximum absolute atomic E-state index is 12.7.